The molecule has 16 nitrogen and oxygen atoms in total. The molecule has 334 valence electrons. The number of hydrogen-bond acceptors (Lipinski definition) is 9. The number of benzene rings is 2. The Morgan fingerprint density at radius 2 is 1.40 bits per heavy atom. The van der Waals surface area contributed by atoms with Crippen LogP contribution < -0.4 is 15.4 Å². The topological polar surface area (TPSA) is 189 Å². The number of methoxy groups -OCH3 is 2. The van der Waals surface area contributed by atoms with Gasteiger partial charge in [0.05, 0.1) is 74.4 Å². The zero-order chi connectivity index (χ0) is 45.1. The average Bonchev–Trinajstić information content (AvgIpc) is 4.10. The van der Waals surface area contributed by atoms with Gasteiger partial charge < -0.3 is 49.2 Å². The van der Waals surface area contributed by atoms with Gasteiger partial charge in [-0.3, -0.25) is 9.59 Å². The Morgan fingerprint density at radius 1 is 0.825 bits per heavy atom. The zero-order valence-electron chi connectivity index (χ0n) is 35.9. The number of amides is 4. The number of nitrogens with zero attached hydrogens (tertiary/aromatic N) is 5. The number of carbonyl (C=O) groups is 4. The average molecular weight is 874 g/mol. The summed E-state index contributed by atoms with van der Waals surface area (Å²) in [5.41, 5.74) is 5.40. The first kappa shape index (κ1) is 43.1. The lowest BCUT2D eigenvalue weighted by atomic mass is 10.0. The maximum atomic E-state index is 14.9. The predicted molar refractivity (Wildman–Crippen MR) is 224 cm³/mol. The Morgan fingerprint density at radius 3 is 2.00 bits per heavy atom. The van der Waals surface area contributed by atoms with Gasteiger partial charge in [-0.2, -0.15) is 0 Å². The van der Waals surface area contributed by atoms with E-state index < -0.39 is 85.4 Å². The van der Waals surface area contributed by atoms with Crippen LogP contribution >= 0.6 is 0 Å². The Bertz CT molecular complexity index is 2570. The van der Waals surface area contributed by atoms with Gasteiger partial charge in [0.1, 0.15) is 35.7 Å². The number of halogens is 3. The van der Waals surface area contributed by atoms with Gasteiger partial charge in [0.25, 0.3) is 5.92 Å². The lowest BCUT2D eigenvalue weighted by Crippen LogP contribution is -2.51. The third-order valence-electron chi connectivity index (χ3n) is 12.1. The van der Waals surface area contributed by atoms with Crippen molar-refractivity contribution in [2.24, 2.45) is 11.8 Å². The maximum absolute atomic E-state index is 14.9. The molecule has 5 aromatic rings. The molecule has 0 radical (unpaired) electrons. The summed E-state index contributed by atoms with van der Waals surface area (Å²) in [6, 6.07) is 9.98. The van der Waals surface area contributed by atoms with Crippen molar-refractivity contribution in [3.8, 4) is 39.5 Å². The molecule has 2 fully saturated rings. The standard InChI is InChI=1S/C44H50F3N9O7/c1-21(2)36(52-42(59)61-6)40(57)54-19-27(45)15-33(54)38-48-17-29(50-38)24-9-11-31-26(12-24)13-32-28-10-8-25(14-35(28)63-23(5)56(31)32)30-18-49-39(51-30)34-16-44(46,47)20-55(34)41(58)37(22(3)4)53-43(60)62-7/h8-14,17-18,21-23,27,33-34,36-37H,15-16,19-20H2,1-7H3,(H,48,50)(H,49,51)(H,52,59)(H,53,60)/t23?,27-,33+,34+,36+,37+/m1/s1. The monoisotopic (exact) mass is 873 g/mol. The highest BCUT2D eigenvalue weighted by Crippen LogP contribution is 2.45. The van der Waals surface area contributed by atoms with E-state index in [1.807, 2.05) is 43.3 Å². The van der Waals surface area contributed by atoms with Crippen molar-refractivity contribution in [3.63, 3.8) is 0 Å². The molecule has 0 bridgehead atoms. The van der Waals surface area contributed by atoms with Crippen LogP contribution in [-0.2, 0) is 19.1 Å². The molecule has 19 heteroatoms. The van der Waals surface area contributed by atoms with E-state index in [9.17, 15) is 32.3 Å². The number of hydrogen-bond donors (Lipinski definition) is 4. The summed E-state index contributed by atoms with van der Waals surface area (Å²) in [5.74, 6) is -3.68. The number of rotatable bonds is 10. The van der Waals surface area contributed by atoms with Crippen LogP contribution in [0.3, 0.4) is 0 Å². The highest BCUT2D eigenvalue weighted by atomic mass is 19.3. The fourth-order valence-corrected chi connectivity index (χ4v) is 8.88. The Labute approximate surface area is 360 Å². The number of aromatic nitrogens is 5. The smallest absolute Gasteiger partial charge is 0.407 e. The van der Waals surface area contributed by atoms with Gasteiger partial charge in [0.2, 0.25) is 11.8 Å². The number of likely N-dealkylation sites (tertiary alicyclic amines) is 2. The number of alkyl halides is 3. The molecule has 2 saturated heterocycles. The van der Waals surface area contributed by atoms with Gasteiger partial charge in [-0.15, -0.1) is 0 Å². The van der Waals surface area contributed by atoms with Gasteiger partial charge in [0, 0.05) is 34.9 Å². The summed E-state index contributed by atoms with van der Waals surface area (Å²) < 4.78 is 62.7. The van der Waals surface area contributed by atoms with E-state index >= 15 is 0 Å². The zero-order valence-corrected chi connectivity index (χ0v) is 35.9. The van der Waals surface area contributed by atoms with Crippen molar-refractivity contribution in [2.45, 2.75) is 89.9 Å². The normalized spacial score (nSPS) is 21.2. The summed E-state index contributed by atoms with van der Waals surface area (Å²) in [4.78, 5) is 69.3. The molecular weight excluding hydrogens is 824 g/mol. The third-order valence-corrected chi connectivity index (χ3v) is 12.1. The molecular formula is C44H50F3N9O7. The number of fused-ring (bicyclic) bond motifs is 5. The quantitative estimate of drug-likeness (QED) is 0.112. The number of carbonyl (C=O) groups excluding carboxylic acids is 4. The molecule has 4 N–H and O–H groups in total. The SMILES string of the molecule is COC(=O)N[C@H](C(=O)N1C[C@H](F)C[C@H]1c1ncc(-c2ccc3c(c2)cc2n3C(C)Oc3cc(-c4cnc([C@@H]5CC(F)(F)CN5C(=O)[C@@H](NC(=O)OC)C(C)C)[nH]4)ccc3-2)[nH]1)C(C)C. The first-order chi connectivity index (χ1) is 30.0. The first-order valence-corrected chi connectivity index (χ1v) is 20.8. The van der Waals surface area contributed by atoms with Crippen molar-refractivity contribution in [1.82, 2.24) is 44.9 Å². The summed E-state index contributed by atoms with van der Waals surface area (Å²) >= 11 is 0. The van der Waals surface area contributed by atoms with Crippen LogP contribution in [0.4, 0.5) is 22.8 Å². The van der Waals surface area contributed by atoms with Crippen molar-refractivity contribution in [2.75, 3.05) is 27.3 Å². The molecule has 0 saturated carbocycles. The van der Waals surface area contributed by atoms with Crippen LogP contribution in [0.25, 0.3) is 44.7 Å². The van der Waals surface area contributed by atoms with Crippen LogP contribution in [0.1, 0.15) is 77.4 Å². The van der Waals surface area contributed by atoms with Gasteiger partial charge >= 0.3 is 12.2 Å². The molecule has 4 amide bonds. The minimum absolute atomic E-state index is 0.0586. The van der Waals surface area contributed by atoms with E-state index in [-0.39, 0.29) is 24.7 Å². The number of aromatic amines is 2. The van der Waals surface area contributed by atoms with Crippen LogP contribution in [-0.4, -0.2) is 110 Å². The Kier molecular flexibility index (Phi) is 11.4. The molecule has 2 aromatic carbocycles. The number of alkyl carbamates (subject to hydrolysis) is 2. The Balaban J connectivity index is 1.03. The summed E-state index contributed by atoms with van der Waals surface area (Å²) in [6.45, 7) is 7.99. The minimum Gasteiger partial charge on any atom is -0.470 e. The molecule has 8 rings (SSSR count). The van der Waals surface area contributed by atoms with Crippen molar-refractivity contribution < 1.29 is 46.6 Å². The van der Waals surface area contributed by atoms with Crippen LogP contribution in [0.2, 0.25) is 0 Å². The van der Waals surface area contributed by atoms with Gasteiger partial charge in [-0.05, 0) is 49.1 Å². The van der Waals surface area contributed by atoms with Gasteiger partial charge in [0.15, 0.2) is 6.23 Å². The molecule has 3 aliphatic rings. The highest BCUT2D eigenvalue weighted by molar-refractivity contribution is 5.92. The highest BCUT2D eigenvalue weighted by Gasteiger charge is 2.50. The van der Waals surface area contributed by atoms with Crippen molar-refractivity contribution in [1.29, 1.82) is 0 Å². The lowest BCUT2D eigenvalue weighted by Gasteiger charge is -2.29. The van der Waals surface area contributed by atoms with E-state index in [0.717, 1.165) is 39.7 Å². The van der Waals surface area contributed by atoms with Crippen LogP contribution in [0.5, 0.6) is 5.75 Å². The number of H-pyrrole nitrogens is 2. The maximum Gasteiger partial charge on any atom is 0.407 e. The molecule has 6 atom stereocenters. The fourth-order valence-electron chi connectivity index (χ4n) is 8.88. The number of nitrogens with one attached hydrogen (secondary N) is 4. The molecule has 3 aromatic heterocycles. The van der Waals surface area contributed by atoms with Crippen LogP contribution in [0.15, 0.2) is 54.9 Å². The molecule has 0 spiro atoms. The van der Waals surface area contributed by atoms with E-state index in [4.69, 9.17) is 9.47 Å². The molecule has 3 aliphatic heterocycles. The number of ether oxygens (including phenoxy) is 3. The summed E-state index contributed by atoms with van der Waals surface area (Å²) in [5, 5.41) is 5.98. The van der Waals surface area contributed by atoms with Gasteiger partial charge in [-0.25, -0.2) is 32.7 Å². The molecule has 1 unspecified atom stereocenters. The van der Waals surface area contributed by atoms with Crippen molar-refractivity contribution >= 4 is 34.9 Å². The van der Waals surface area contributed by atoms with Crippen molar-refractivity contribution in [3.05, 3.63) is 66.5 Å². The van der Waals surface area contributed by atoms with E-state index in [2.05, 4.69) is 45.9 Å². The fraction of sp³-hybridized carbons (Fsp3) is 0.455. The predicted octanol–water partition coefficient (Wildman–Crippen LogP) is 7.28. The first-order valence-electron chi connectivity index (χ1n) is 20.8. The summed E-state index contributed by atoms with van der Waals surface area (Å²) in [6.07, 6.45) is -0.624. The minimum atomic E-state index is -3.17. The second-order valence-electron chi connectivity index (χ2n) is 17.1. The van der Waals surface area contributed by atoms with Crippen LogP contribution in [0, 0.1) is 11.8 Å². The molecule has 63 heavy (non-hydrogen) atoms. The Hall–Kier alpha value is -6.53. The largest absolute Gasteiger partial charge is 0.470 e. The van der Waals surface area contributed by atoms with E-state index in [1.165, 1.54) is 18.2 Å². The van der Waals surface area contributed by atoms with E-state index in [1.54, 1.807) is 33.9 Å². The van der Waals surface area contributed by atoms with E-state index in [0.29, 0.717) is 28.5 Å². The molecule has 6 heterocycles. The second-order valence-corrected chi connectivity index (χ2v) is 17.1. The number of imidazole rings is 2. The third kappa shape index (κ3) is 8.15. The lowest BCUT2D eigenvalue weighted by molar-refractivity contribution is -0.137. The molecule has 0 aliphatic carbocycles. The second kappa shape index (κ2) is 16.6. The van der Waals surface area contributed by atoms with Gasteiger partial charge in [-0.1, -0.05) is 39.8 Å². The summed E-state index contributed by atoms with van der Waals surface area (Å²) in [7, 11) is 2.38.